The molecule has 1 fully saturated rings. The van der Waals surface area contributed by atoms with Gasteiger partial charge in [0.25, 0.3) is 0 Å². The summed E-state index contributed by atoms with van der Waals surface area (Å²) in [7, 11) is 0. The fraction of sp³-hybridized carbons (Fsp3) is 1.00. The quantitative estimate of drug-likeness (QED) is 0.743. The van der Waals surface area contributed by atoms with Gasteiger partial charge in [-0.3, -0.25) is 0 Å². The highest BCUT2D eigenvalue weighted by Gasteiger charge is 2.23. The van der Waals surface area contributed by atoms with E-state index in [0.717, 1.165) is 23.6 Å². The second kappa shape index (κ2) is 6.81. The van der Waals surface area contributed by atoms with E-state index in [0.29, 0.717) is 6.61 Å². The van der Waals surface area contributed by atoms with Gasteiger partial charge < -0.3 is 10.0 Å². The Labute approximate surface area is 95.8 Å². The van der Waals surface area contributed by atoms with E-state index in [2.05, 4.69) is 27.8 Å². The molecule has 0 amide bonds. The van der Waals surface area contributed by atoms with Gasteiger partial charge in [-0.15, -0.1) is 0 Å². The minimum Gasteiger partial charge on any atom is -0.396 e. The first-order chi connectivity index (χ1) is 6.80. The number of aliphatic hydroxyl groups excluding tert-OH is 1. The highest BCUT2D eigenvalue weighted by molar-refractivity contribution is 9.09. The number of nitrogens with zero attached hydrogens (tertiary/aromatic N) is 1. The lowest BCUT2D eigenvalue weighted by atomic mass is 10.1. The molecule has 0 radical (unpaired) electrons. The minimum atomic E-state index is 0.355. The van der Waals surface area contributed by atoms with Crippen molar-refractivity contribution in [1.82, 2.24) is 4.90 Å². The van der Waals surface area contributed by atoms with Gasteiger partial charge in [0.05, 0.1) is 0 Å². The summed E-state index contributed by atoms with van der Waals surface area (Å²) in [5.74, 6) is 1.54. The molecule has 0 aromatic carbocycles. The van der Waals surface area contributed by atoms with Crippen molar-refractivity contribution in [3.05, 3.63) is 0 Å². The third-order valence-electron chi connectivity index (χ3n) is 3.22. The fourth-order valence-electron chi connectivity index (χ4n) is 2.15. The normalized spacial score (nSPS) is 25.5. The Bertz CT molecular complexity index is 150. The Morgan fingerprint density at radius 1 is 1.57 bits per heavy atom. The largest absolute Gasteiger partial charge is 0.396 e. The van der Waals surface area contributed by atoms with E-state index in [1.54, 1.807) is 0 Å². The van der Waals surface area contributed by atoms with Crippen LogP contribution in [0.4, 0.5) is 0 Å². The number of hydrogen-bond donors (Lipinski definition) is 1. The van der Waals surface area contributed by atoms with E-state index in [9.17, 15) is 0 Å². The van der Waals surface area contributed by atoms with Crippen LogP contribution in [0.3, 0.4) is 0 Å². The summed E-state index contributed by atoms with van der Waals surface area (Å²) in [5, 5.41) is 9.98. The standard InChI is InChI=1S/C11H22BrNO/c1-2-10(7-12)8-13-5-3-11(9-13)4-6-14/h10-11,14H,2-9H2,1H3. The van der Waals surface area contributed by atoms with E-state index in [1.807, 2.05) is 0 Å². The van der Waals surface area contributed by atoms with Crippen LogP contribution >= 0.6 is 15.9 Å². The zero-order valence-electron chi connectivity index (χ0n) is 9.08. The molecule has 3 heteroatoms. The monoisotopic (exact) mass is 263 g/mol. The Morgan fingerprint density at radius 2 is 2.36 bits per heavy atom. The smallest absolute Gasteiger partial charge is 0.0434 e. The second-order valence-corrected chi connectivity index (χ2v) is 5.00. The lowest BCUT2D eigenvalue weighted by Crippen LogP contribution is -2.28. The first-order valence-electron chi connectivity index (χ1n) is 5.69. The number of halogens is 1. The number of alkyl halides is 1. The van der Waals surface area contributed by atoms with Crippen LogP contribution in [0.1, 0.15) is 26.2 Å². The highest BCUT2D eigenvalue weighted by Crippen LogP contribution is 2.21. The van der Waals surface area contributed by atoms with Gasteiger partial charge in [-0.05, 0) is 31.2 Å². The first-order valence-corrected chi connectivity index (χ1v) is 6.81. The van der Waals surface area contributed by atoms with Crippen molar-refractivity contribution in [3.63, 3.8) is 0 Å². The van der Waals surface area contributed by atoms with Gasteiger partial charge in [0.2, 0.25) is 0 Å². The highest BCUT2D eigenvalue weighted by atomic mass is 79.9. The first kappa shape index (κ1) is 12.5. The summed E-state index contributed by atoms with van der Waals surface area (Å²) in [6.45, 7) is 6.27. The van der Waals surface area contributed by atoms with Gasteiger partial charge in [-0.1, -0.05) is 29.3 Å². The van der Waals surface area contributed by atoms with Gasteiger partial charge in [-0.25, -0.2) is 0 Å². The SMILES string of the molecule is CCC(CBr)CN1CCC(CCO)C1. The molecule has 2 unspecified atom stereocenters. The van der Waals surface area contributed by atoms with Crippen LogP contribution in [0.15, 0.2) is 0 Å². The molecule has 1 heterocycles. The number of aliphatic hydroxyl groups is 1. The van der Waals surface area contributed by atoms with Crippen LogP contribution in [-0.2, 0) is 0 Å². The van der Waals surface area contributed by atoms with Crippen molar-refractivity contribution in [2.75, 3.05) is 31.6 Å². The van der Waals surface area contributed by atoms with Crippen molar-refractivity contribution in [2.45, 2.75) is 26.2 Å². The van der Waals surface area contributed by atoms with Crippen molar-refractivity contribution < 1.29 is 5.11 Å². The lowest BCUT2D eigenvalue weighted by molar-refractivity contribution is 0.242. The predicted molar refractivity (Wildman–Crippen MR) is 63.8 cm³/mol. The van der Waals surface area contributed by atoms with Gasteiger partial charge in [-0.2, -0.15) is 0 Å². The average molecular weight is 264 g/mol. The predicted octanol–water partition coefficient (Wildman–Crippen LogP) is 2.11. The van der Waals surface area contributed by atoms with Crippen LogP contribution in [0.2, 0.25) is 0 Å². The average Bonchev–Trinajstić information content (AvgIpc) is 2.63. The fourth-order valence-corrected chi connectivity index (χ4v) is 2.81. The summed E-state index contributed by atoms with van der Waals surface area (Å²) in [6, 6.07) is 0. The van der Waals surface area contributed by atoms with Gasteiger partial charge in [0.1, 0.15) is 0 Å². The van der Waals surface area contributed by atoms with Crippen molar-refractivity contribution in [2.24, 2.45) is 11.8 Å². The van der Waals surface area contributed by atoms with Crippen LogP contribution in [0.25, 0.3) is 0 Å². The van der Waals surface area contributed by atoms with E-state index in [4.69, 9.17) is 5.11 Å². The summed E-state index contributed by atoms with van der Waals surface area (Å²) >= 11 is 3.56. The van der Waals surface area contributed by atoms with E-state index < -0.39 is 0 Å². The summed E-state index contributed by atoms with van der Waals surface area (Å²) in [6.07, 6.45) is 3.52. The maximum atomic E-state index is 8.86. The maximum absolute atomic E-state index is 8.86. The molecule has 0 aromatic heterocycles. The van der Waals surface area contributed by atoms with Gasteiger partial charge in [0.15, 0.2) is 0 Å². The third kappa shape index (κ3) is 3.87. The maximum Gasteiger partial charge on any atom is 0.0434 e. The van der Waals surface area contributed by atoms with E-state index in [1.165, 1.54) is 32.5 Å². The molecule has 0 saturated carbocycles. The molecule has 1 saturated heterocycles. The molecule has 0 aromatic rings. The van der Waals surface area contributed by atoms with Gasteiger partial charge >= 0.3 is 0 Å². The molecule has 0 spiro atoms. The van der Waals surface area contributed by atoms with Crippen LogP contribution in [-0.4, -0.2) is 41.6 Å². The Morgan fingerprint density at radius 3 is 2.93 bits per heavy atom. The number of rotatable bonds is 6. The van der Waals surface area contributed by atoms with Crippen LogP contribution < -0.4 is 0 Å². The molecule has 1 N–H and O–H groups in total. The van der Waals surface area contributed by atoms with Gasteiger partial charge in [0, 0.05) is 25.0 Å². The summed E-state index contributed by atoms with van der Waals surface area (Å²) in [4.78, 5) is 2.55. The Balaban J connectivity index is 2.21. The molecule has 1 rings (SSSR count). The van der Waals surface area contributed by atoms with E-state index >= 15 is 0 Å². The molecular formula is C11H22BrNO. The third-order valence-corrected chi connectivity index (χ3v) is 4.13. The molecule has 1 aliphatic rings. The van der Waals surface area contributed by atoms with Crippen molar-refractivity contribution in [3.8, 4) is 0 Å². The van der Waals surface area contributed by atoms with Crippen LogP contribution in [0, 0.1) is 11.8 Å². The lowest BCUT2D eigenvalue weighted by Gasteiger charge is -2.21. The molecule has 0 aliphatic carbocycles. The minimum absolute atomic E-state index is 0.355. The van der Waals surface area contributed by atoms with Crippen molar-refractivity contribution >= 4 is 15.9 Å². The zero-order chi connectivity index (χ0) is 10.4. The second-order valence-electron chi connectivity index (χ2n) is 4.36. The van der Waals surface area contributed by atoms with Crippen LogP contribution in [0.5, 0.6) is 0 Å². The summed E-state index contributed by atoms with van der Waals surface area (Å²) in [5.41, 5.74) is 0. The van der Waals surface area contributed by atoms with Crippen molar-refractivity contribution in [1.29, 1.82) is 0 Å². The molecule has 2 nitrogen and oxygen atoms in total. The molecule has 0 bridgehead atoms. The Hall–Kier alpha value is 0.400. The molecular weight excluding hydrogens is 242 g/mol. The zero-order valence-corrected chi connectivity index (χ0v) is 10.7. The summed E-state index contributed by atoms with van der Waals surface area (Å²) < 4.78 is 0. The topological polar surface area (TPSA) is 23.5 Å². The van der Waals surface area contributed by atoms with E-state index in [-0.39, 0.29) is 0 Å². The molecule has 14 heavy (non-hydrogen) atoms. The number of likely N-dealkylation sites (tertiary alicyclic amines) is 1. The molecule has 84 valence electrons. The Kier molecular flexibility index (Phi) is 6.06. The molecule has 2 atom stereocenters. The molecule has 1 aliphatic heterocycles. The number of hydrogen-bond acceptors (Lipinski definition) is 2.